The SMILES string of the molecule is c1ccc(-n2c3ccccc3c3ccc4c(c5c6oc7ccccc7c6ccc5n4-c4cc5ccccc5c5ccccc45)c32)cc1. The number of aromatic nitrogens is 2. The standard InChI is InChI=1S/C44H26N2O/c1-2-13-28(14-3-1)45-36-20-10-8-18-32(36)34-22-24-37-41(43(34)45)42-38(25-23-35-33-19-9-11-21-40(33)47-44(35)42)46(37)39-26-27-12-4-5-15-29(27)30-16-6-7-17-31(30)39/h1-26H. The van der Waals surface area contributed by atoms with Crippen LogP contribution in [0.3, 0.4) is 0 Å². The number of hydrogen-bond donors (Lipinski definition) is 0. The average molecular weight is 599 g/mol. The van der Waals surface area contributed by atoms with Crippen molar-refractivity contribution in [1.29, 1.82) is 0 Å². The van der Waals surface area contributed by atoms with E-state index in [1.54, 1.807) is 0 Å². The lowest BCUT2D eigenvalue weighted by atomic mass is 10.00. The molecule has 3 nitrogen and oxygen atoms in total. The minimum absolute atomic E-state index is 0.905. The average Bonchev–Trinajstić information content (AvgIpc) is 3.79. The first-order chi connectivity index (χ1) is 23.3. The van der Waals surface area contributed by atoms with Crippen LogP contribution in [0.15, 0.2) is 162 Å². The van der Waals surface area contributed by atoms with Gasteiger partial charge in [0.05, 0.1) is 33.1 Å². The topological polar surface area (TPSA) is 23.0 Å². The zero-order chi connectivity index (χ0) is 30.6. The van der Waals surface area contributed by atoms with Crippen molar-refractivity contribution in [3.63, 3.8) is 0 Å². The van der Waals surface area contributed by atoms with Crippen LogP contribution in [0.4, 0.5) is 0 Å². The number of furan rings is 1. The van der Waals surface area contributed by atoms with E-state index in [1.165, 1.54) is 48.7 Å². The maximum Gasteiger partial charge on any atom is 0.145 e. The lowest BCUT2D eigenvalue weighted by Crippen LogP contribution is -1.97. The van der Waals surface area contributed by atoms with Crippen LogP contribution in [0.5, 0.6) is 0 Å². The molecule has 0 saturated heterocycles. The summed E-state index contributed by atoms with van der Waals surface area (Å²) in [7, 11) is 0. The molecule has 0 unspecified atom stereocenters. The van der Waals surface area contributed by atoms with E-state index in [4.69, 9.17) is 4.42 Å². The molecular weight excluding hydrogens is 572 g/mol. The number of fused-ring (bicyclic) bond motifs is 14. The van der Waals surface area contributed by atoms with E-state index in [2.05, 4.69) is 167 Å². The van der Waals surface area contributed by atoms with Gasteiger partial charge in [-0.15, -0.1) is 0 Å². The van der Waals surface area contributed by atoms with E-state index in [9.17, 15) is 0 Å². The van der Waals surface area contributed by atoms with Crippen molar-refractivity contribution in [2.45, 2.75) is 0 Å². The minimum Gasteiger partial charge on any atom is -0.455 e. The maximum absolute atomic E-state index is 6.83. The monoisotopic (exact) mass is 598 g/mol. The summed E-state index contributed by atoms with van der Waals surface area (Å²) in [4.78, 5) is 0. The Labute approximate surface area is 269 Å². The second-order valence-corrected chi connectivity index (χ2v) is 12.5. The first kappa shape index (κ1) is 24.9. The summed E-state index contributed by atoms with van der Waals surface area (Å²) in [6.45, 7) is 0. The van der Waals surface area contributed by atoms with Crippen LogP contribution >= 0.6 is 0 Å². The summed E-state index contributed by atoms with van der Waals surface area (Å²) >= 11 is 0. The highest BCUT2D eigenvalue weighted by Gasteiger charge is 2.25. The van der Waals surface area contributed by atoms with Gasteiger partial charge in [-0.1, -0.05) is 109 Å². The molecule has 0 aliphatic carbocycles. The Kier molecular flexibility index (Phi) is 4.84. The van der Waals surface area contributed by atoms with E-state index in [1.807, 2.05) is 0 Å². The van der Waals surface area contributed by atoms with Crippen LogP contribution in [0.25, 0.3) is 98.5 Å². The molecule has 0 radical (unpaired) electrons. The largest absolute Gasteiger partial charge is 0.455 e. The molecule has 0 bridgehead atoms. The van der Waals surface area contributed by atoms with Gasteiger partial charge in [-0.25, -0.2) is 0 Å². The van der Waals surface area contributed by atoms with Gasteiger partial charge in [0.15, 0.2) is 0 Å². The fourth-order valence-electron chi connectivity index (χ4n) is 8.14. The smallest absolute Gasteiger partial charge is 0.145 e. The van der Waals surface area contributed by atoms with Gasteiger partial charge < -0.3 is 13.6 Å². The van der Waals surface area contributed by atoms with Crippen molar-refractivity contribution in [1.82, 2.24) is 9.13 Å². The Morgan fingerprint density at radius 1 is 0.383 bits per heavy atom. The van der Waals surface area contributed by atoms with Gasteiger partial charge in [-0.2, -0.15) is 0 Å². The molecule has 0 aliphatic heterocycles. The molecule has 11 rings (SSSR count). The lowest BCUT2D eigenvalue weighted by Gasteiger charge is -2.14. The van der Waals surface area contributed by atoms with Crippen molar-refractivity contribution < 1.29 is 4.42 Å². The van der Waals surface area contributed by atoms with Gasteiger partial charge in [0.25, 0.3) is 0 Å². The van der Waals surface area contributed by atoms with Crippen LogP contribution < -0.4 is 0 Å². The zero-order valence-electron chi connectivity index (χ0n) is 25.3. The summed E-state index contributed by atoms with van der Waals surface area (Å²) in [5.74, 6) is 0. The Bertz CT molecular complexity index is 3070. The van der Waals surface area contributed by atoms with E-state index >= 15 is 0 Å². The van der Waals surface area contributed by atoms with Crippen molar-refractivity contribution in [3.05, 3.63) is 158 Å². The van der Waals surface area contributed by atoms with Gasteiger partial charge >= 0.3 is 0 Å². The number of benzene rings is 8. The van der Waals surface area contributed by atoms with Gasteiger partial charge in [0.2, 0.25) is 0 Å². The quantitative estimate of drug-likeness (QED) is 0.182. The van der Waals surface area contributed by atoms with Crippen LogP contribution in [-0.4, -0.2) is 9.13 Å². The van der Waals surface area contributed by atoms with Crippen molar-refractivity contribution in [3.8, 4) is 11.4 Å². The number of nitrogens with zero attached hydrogens (tertiary/aromatic N) is 2. The summed E-state index contributed by atoms with van der Waals surface area (Å²) in [5, 5.41) is 12.0. The predicted molar refractivity (Wildman–Crippen MR) is 197 cm³/mol. The lowest BCUT2D eigenvalue weighted by molar-refractivity contribution is 0.673. The molecule has 0 spiro atoms. The fraction of sp³-hybridized carbons (Fsp3) is 0. The van der Waals surface area contributed by atoms with Crippen LogP contribution in [0, 0.1) is 0 Å². The van der Waals surface area contributed by atoms with Crippen molar-refractivity contribution in [2.24, 2.45) is 0 Å². The normalized spacial score (nSPS) is 12.3. The Balaban J connectivity index is 1.44. The van der Waals surface area contributed by atoms with E-state index in [-0.39, 0.29) is 0 Å². The summed E-state index contributed by atoms with van der Waals surface area (Å²) in [5.41, 5.74) is 8.80. The van der Waals surface area contributed by atoms with E-state index in [0.29, 0.717) is 0 Å². The second-order valence-electron chi connectivity index (χ2n) is 12.5. The van der Waals surface area contributed by atoms with Gasteiger partial charge in [-0.05, 0) is 64.7 Å². The minimum atomic E-state index is 0.905. The molecule has 3 heterocycles. The molecule has 0 aliphatic rings. The molecule has 11 aromatic rings. The molecule has 8 aromatic carbocycles. The van der Waals surface area contributed by atoms with Crippen LogP contribution in [0.2, 0.25) is 0 Å². The Hall–Kier alpha value is -6.32. The van der Waals surface area contributed by atoms with Crippen molar-refractivity contribution >= 4 is 87.1 Å². The highest BCUT2D eigenvalue weighted by molar-refractivity contribution is 6.32. The third-order valence-corrected chi connectivity index (χ3v) is 10.1. The molecule has 0 atom stereocenters. The molecule has 0 amide bonds. The van der Waals surface area contributed by atoms with Gasteiger partial charge in [0, 0.05) is 38.0 Å². The molecule has 0 N–H and O–H groups in total. The first-order valence-corrected chi connectivity index (χ1v) is 16.1. The molecule has 218 valence electrons. The number of hydrogen-bond acceptors (Lipinski definition) is 1. The Morgan fingerprint density at radius 3 is 1.87 bits per heavy atom. The summed E-state index contributed by atoms with van der Waals surface area (Å²) in [6.07, 6.45) is 0. The number of rotatable bonds is 2. The third-order valence-electron chi connectivity index (χ3n) is 10.1. The van der Waals surface area contributed by atoms with E-state index in [0.717, 1.165) is 49.7 Å². The molecule has 47 heavy (non-hydrogen) atoms. The fourth-order valence-corrected chi connectivity index (χ4v) is 8.14. The van der Waals surface area contributed by atoms with E-state index < -0.39 is 0 Å². The predicted octanol–water partition coefficient (Wildman–Crippen LogP) is 12.1. The molecule has 0 fully saturated rings. The van der Waals surface area contributed by atoms with Crippen LogP contribution in [0.1, 0.15) is 0 Å². The van der Waals surface area contributed by atoms with Crippen molar-refractivity contribution in [2.75, 3.05) is 0 Å². The second kappa shape index (κ2) is 9.12. The van der Waals surface area contributed by atoms with Crippen LogP contribution in [-0.2, 0) is 0 Å². The molecule has 3 aromatic heterocycles. The summed E-state index contributed by atoms with van der Waals surface area (Å²) in [6, 6.07) is 56.9. The van der Waals surface area contributed by atoms with Gasteiger partial charge in [0.1, 0.15) is 11.2 Å². The van der Waals surface area contributed by atoms with Gasteiger partial charge in [-0.3, -0.25) is 0 Å². The number of para-hydroxylation sites is 3. The highest BCUT2D eigenvalue weighted by atomic mass is 16.3. The molecule has 0 saturated carbocycles. The molecule has 3 heteroatoms. The first-order valence-electron chi connectivity index (χ1n) is 16.1. The summed E-state index contributed by atoms with van der Waals surface area (Å²) < 4.78 is 11.7. The Morgan fingerprint density at radius 2 is 1.02 bits per heavy atom. The highest BCUT2D eigenvalue weighted by Crippen LogP contribution is 2.46. The third kappa shape index (κ3) is 3.25. The zero-order valence-corrected chi connectivity index (χ0v) is 25.3. The molecular formula is C44H26N2O. The maximum atomic E-state index is 6.83.